The molecular formula is C19H23N3NaO4S. The number of aromatic amines is 1. The van der Waals surface area contributed by atoms with Crippen LogP contribution in [0.4, 0.5) is 0 Å². The Bertz CT molecular complexity index is 906. The molecule has 7 nitrogen and oxygen atoms in total. The first-order valence-corrected chi connectivity index (χ1v) is 10.0. The van der Waals surface area contributed by atoms with E-state index in [1.165, 1.54) is 0 Å². The SMILES string of the molecule is CCOCCOc1ccnc(C[S+]([O-])c2nc3cc(OC)ccc3[nH]2)c1C.[Na]. The Morgan fingerprint density at radius 1 is 1.21 bits per heavy atom. The van der Waals surface area contributed by atoms with E-state index < -0.39 is 11.2 Å². The minimum absolute atomic E-state index is 0. The van der Waals surface area contributed by atoms with E-state index >= 15 is 0 Å². The second-order valence-electron chi connectivity index (χ2n) is 5.84. The maximum absolute atomic E-state index is 12.8. The molecule has 0 saturated heterocycles. The fourth-order valence-electron chi connectivity index (χ4n) is 2.61. The second-order valence-corrected chi connectivity index (χ2v) is 7.21. The quantitative estimate of drug-likeness (QED) is 0.330. The number of aromatic nitrogens is 3. The molecule has 0 aliphatic rings. The summed E-state index contributed by atoms with van der Waals surface area (Å²) in [5.41, 5.74) is 3.13. The first-order chi connectivity index (χ1) is 13.1. The van der Waals surface area contributed by atoms with Gasteiger partial charge in [-0.1, -0.05) is 0 Å². The van der Waals surface area contributed by atoms with Crippen LogP contribution in [0.5, 0.6) is 11.5 Å². The van der Waals surface area contributed by atoms with Crippen LogP contribution in [0.1, 0.15) is 18.2 Å². The fraction of sp³-hybridized carbons (Fsp3) is 0.368. The third kappa shape index (κ3) is 5.62. The molecule has 1 unspecified atom stereocenters. The first-order valence-electron chi connectivity index (χ1n) is 8.69. The molecule has 1 N–H and O–H groups in total. The number of pyridine rings is 1. The molecule has 1 radical (unpaired) electrons. The average molecular weight is 412 g/mol. The summed E-state index contributed by atoms with van der Waals surface area (Å²) in [4.78, 5) is 11.9. The summed E-state index contributed by atoms with van der Waals surface area (Å²) in [6.07, 6.45) is 1.67. The van der Waals surface area contributed by atoms with Gasteiger partial charge in [-0.25, -0.2) is 0 Å². The molecular weight excluding hydrogens is 389 g/mol. The normalized spacial score (nSPS) is 11.9. The molecule has 2 heterocycles. The summed E-state index contributed by atoms with van der Waals surface area (Å²) in [6.45, 7) is 5.51. The molecule has 0 bridgehead atoms. The van der Waals surface area contributed by atoms with Crippen molar-refractivity contribution in [2.24, 2.45) is 0 Å². The van der Waals surface area contributed by atoms with Crippen LogP contribution in [0, 0.1) is 6.92 Å². The molecule has 28 heavy (non-hydrogen) atoms. The van der Waals surface area contributed by atoms with E-state index in [2.05, 4.69) is 15.0 Å². The number of hydrogen-bond acceptors (Lipinski definition) is 6. The summed E-state index contributed by atoms with van der Waals surface area (Å²) in [5.74, 6) is 1.69. The van der Waals surface area contributed by atoms with Crippen LogP contribution in [0.15, 0.2) is 35.6 Å². The Kier molecular flexibility index (Phi) is 9.07. The molecule has 0 aliphatic heterocycles. The summed E-state index contributed by atoms with van der Waals surface area (Å²) in [7, 11) is 1.60. The number of fused-ring (bicyclic) bond motifs is 1. The maximum atomic E-state index is 12.8. The number of hydrogen-bond donors (Lipinski definition) is 1. The second kappa shape index (κ2) is 11.0. The van der Waals surface area contributed by atoms with Gasteiger partial charge >= 0.3 is 5.16 Å². The van der Waals surface area contributed by atoms with Crippen LogP contribution < -0.4 is 9.47 Å². The zero-order valence-electron chi connectivity index (χ0n) is 16.7. The topological polar surface area (TPSA) is 92.3 Å². The smallest absolute Gasteiger partial charge is 0.322 e. The van der Waals surface area contributed by atoms with Gasteiger partial charge in [0.05, 0.1) is 30.4 Å². The molecule has 0 saturated carbocycles. The van der Waals surface area contributed by atoms with E-state index in [4.69, 9.17) is 14.2 Å². The van der Waals surface area contributed by atoms with Crippen LogP contribution >= 0.6 is 0 Å². The van der Waals surface area contributed by atoms with Gasteiger partial charge in [-0.05, 0) is 32.0 Å². The van der Waals surface area contributed by atoms with Crippen molar-refractivity contribution in [2.45, 2.75) is 24.8 Å². The predicted octanol–water partition coefficient (Wildman–Crippen LogP) is 2.62. The van der Waals surface area contributed by atoms with Crippen molar-refractivity contribution < 1.29 is 18.8 Å². The molecule has 2 aromatic heterocycles. The van der Waals surface area contributed by atoms with Crippen molar-refractivity contribution in [1.29, 1.82) is 0 Å². The number of H-pyrrole nitrogens is 1. The third-order valence-electron chi connectivity index (χ3n) is 4.10. The number of nitrogens with one attached hydrogen (secondary N) is 1. The van der Waals surface area contributed by atoms with Gasteiger partial charge in [0.15, 0.2) is 5.75 Å². The van der Waals surface area contributed by atoms with Crippen molar-refractivity contribution in [3.8, 4) is 11.5 Å². The van der Waals surface area contributed by atoms with Crippen LogP contribution in [-0.2, 0) is 21.7 Å². The summed E-state index contributed by atoms with van der Waals surface area (Å²) in [5, 5.41) is 0.419. The van der Waals surface area contributed by atoms with E-state index in [0.29, 0.717) is 30.7 Å². The van der Waals surface area contributed by atoms with E-state index in [0.717, 1.165) is 28.0 Å². The minimum atomic E-state index is -1.35. The summed E-state index contributed by atoms with van der Waals surface area (Å²) >= 11 is -1.35. The van der Waals surface area contributed by atoms with Gasteiger partial charge in [-0.2, -0.15) is 4.98 Å². The number of benzene rings is 1. The number of ether oxygens (including phenoxy) is 3. The maximum Gasteiger partial charge on any atom is 0.322 e. The van der Waals surface area contributed by atoms with Gasteiger partial charge in [0.1, 0.15) is 18.1 Å². The van der Waals surface area contributed by atoms with Gasteiger partial charge < -0.3 is 18.8 Å². The standard InChI is InChI=1S/C19H23N3O4S.Na/c1-4-25-9-10-26-18-7-8-20-17(13(18)2)12-27(23)19-21-15-6-5-14(24-3)11-16(15)22-19;/h5-8,11H,4,9-10,12H2,1-3H3,(H,21,22);. The predicted molar refractivity (Wildman–Crippen MR) is 109 cm³/mol. The molecule has 0 fully saturated rings. The molecule has 3 rings (SSSR count). The van der Waals surface area contributed by atoms with Gasteiger partial charge in [0.25, 0.3) is 0 Å². The number of rotatable bonds is 9. The zero-order chi connectivity index (χ0) is 19.2. The van der Waals surface area contributed by atoms with E-state index in [9.17, 15) is 4.55 Å². The van der Waals surface area contributed by atoms with Crippen molar-refractivity contribution in [3.63, 3.8) is 0 Å². The molecule has 145 valence electrons. The number of imidazole rings is 1. The first kappa shape index (κ1) is 23.0. The van der Waals surface area contributed by atoms with Crippen molar-refractivity contribution >= 4 is 51.8 Å². The van der Waals surface area contributed by atoms with Gasteiger partial charge in [-0.15, -0.1) is 0 Å². The third-order valence-corrected chi connectivity index (χ3v) is 5.26. The molecule has 3 aromatic rings. The Morgan fingerprint density at radius 2 is 2.04 bits per heavy atom. The van der Waals surface area contributed by atoms with Gasteiger partial charge in [0, 0.05) is 65.2 Å². The van der Waals surface area contributed by atoms with Crippen molar-refractivity contribution in [2.75, 3.05) is 26.9 Å². The van der Waals surface area contributed by atoms with Gasteiger partial charge in [0.2, 0.25) is 0 Å². The molecule has 9 heteroatoms. The molecule has 0 spiro atoms. The summed E-state index contributed by atoms with van der Waals surface area (Å²) in [6, 6.07) is 7.31. The number of methoxy groups -OCH3 is 1. The molecule has 0 aliphatic carbocycles. The zero-order valence-corrected chi connectivity index (χ0v) is 19.5. The molecule has 1 aromatic carbocycles. The average Bonchev–Trinajstić information content (AvgIpc) is 3.11. The van der Waals surface area contributed by atoms with E-state index in [1.807, 2.05) is 32.0 Å². The van der Waals surface area contributed by atoms with E-state index in [-0.39, 0.29) is 35.3 Å². The Hall–Kier alpha value is -1.29. The van der Waals surface area contributed by atoms with Crippen LogP contribution in [0.25, 0.3) is 11.0 Å². The Labute approximate surface area is 189 Å². The molecule has 0 amide bonds. The largest absolute Gasteiger partial charge is 0.609 e. The fourth-order valence-corrected chi connectivity index (χ4v) is 3.71. The van der Waals surface area contributed by atoms with Crippen LogP contribution in [-0.4, -0.2) is 76.0 Å². The van der Waals surface area contributed by atoms with Gasteiger partial charge in [-0.3, -0.25) is 9.97 Å². The minimum Gasteiger partial charge on any atom is -0.609 e. The monoisotopic (exact) mass is 412 g/mol. The van der Waals surface area contributed by atoms with Crippen LogP contribution in [0.3, 0.4) is 0 Å². The van der Waals surface area contributed by atoms with Crippen molar-refractivity contribution in [3.05, 3.63) is 41.7 Å². The summed E-state index contributed by atoms with van der Waals surface area (Å²) < 4.78 is 29.0. The molecule has 1 atom stereocenters. The van der Waals surface area contributed by atoms with Crippen LogP contribution in [0.2, 0.25) is 0 Å². The Balaban J connectivity index is 0.00000280. The van der Waals surface area contributed by atoms with Crippen molar-refractivity contribution in [1.82, 2.24) is 15.0 Å². The number of nitrogens with zero attached hydrogens (tertiary/aromatic N) is 2. The van der Waals surface area contributed by atoms with E-state index in [1.54, 1.807) is 19.4 Å². The Morgan fingerprint density at radius 3 is 2.79 bits per heavy atom.